The molecule has 1 amide bonds. The molecule has 1 aliphatic heterocycles. The molecule has 0 aromatic carbocycles. The molecule has 22 heavy (non-hydrogen) atoms. The SMILES string of the molecule is COC1C(=O)N(c2ccc(C#C[Si](C)(C)C)cn2)CC1(C)C. The molecule has 0 saturated carbocycles. The van der Waals surface area contributed by atoms with Crippen LogP contribution < -0.4 is 4.90 Å². The van der Waals surface area contributed by atoms with Crippen LogP contribution in [0.2, 0.25) is 19.6 Å². The van der Waals surface area contributed by atoms with Crippen molar-refractivity contribution in [1.29, 1.82) is 0 Å². The number of rotatable bonds is 2. The van der Waals surface area contributed by atoms with E-state index in [0.29, 0.717) is 12.4 Å². The molecule has 1 saturated heterocycles. The monoisotopic (exact) mass is 316 g/mol. The Morgan fingerprint density at radius 1 is 1.36 bits per heavy atom. The van der Waals surface area contributed by atoms with Crippen molar-refractivity contribution in [2.45, 2.75) is 39.6 Å². The molecule has 5 heteroatoms. The van der Waals surface area contributed by atoms with Crippen LogP contribution in [0.4, 0.5) is 5.82 Å². The van der Waals surface area contributed by atoms with E-state index in [-0.39, 0.29) is 11.3 Å². The van der Waals surface area contributed by atoms with Gasteiger partial charge in [-0.25, -0.2) is 4.98 Å². The summed E-state index contributed by atoms with van der Waals surface area (Å²) in [6.07, 6.45) is 1.32. The van der Waals surface area contributed by atoms with Crippen LogP contribution in [-0.2, 0) is 9.53 Å². The molecule has 0 radical (unpaired) electrons. The molecule has 0 aliphatic carbocycles. The van der Waals surface area contributed by atoms with Gasteiger partial charge in [0.25, 0.3) is 5.91 Å². The first-order chi connectivity index (χ1) is 10.1. The molecule has 1 aromatic rings. The van der Waals surface area contributed by atoms with Gasteiger partial charge in [-0.1, -0.05) is 39.4 Å². The number of anilines is 1. The van der Waals surface area contributed by atoms with Crippen LogP contribution in [0.25, 0.3) is 0 Å². The number of hydrogen-bond donors (Lipinski definition) is 0. The van der Waals surface area contributed by atoms with Gasteiger partial charge in [-0.15, -0.1) is 5.54 Å². The second-order valence-corrected chi connectivity index (χ2v) is 12.2. The van der Waals surface area contributed by atoms with Crippen LogP contribution in [0.15, 0.2) is 18.3 Å². The Morgan fingerprint density at radius 3 is 2.50 bits per heavy atom. The van der Waals surface area contributed by atoms with Gasteiger partial charge in [-0.05, 0) is 12.1 Å². The van der Waals surface area contributed by atoms with E-state index in [0.717, 1.165) is 5.56 Å². The number of amides is 1. The van der Waals surface area contributed by atoms with Crippen LogP contribution in [0.3, 0.4) is 0 Å². The number of nitrogens with zero attached hydrogens (tertiary/aromatic N) is 2. The Bertz CT molecular complexity index is 621. The van der Waals surface area contributed by atoms with Gasteiger partial charge in [-0.2, -0.15) is 0 Å². The molecule has 1 aliphatic rings. The molecular weight excluding hydrogens is 292 g/mol. The van der Waals surface area contributed by atoms with Crippen LogP contribution in [0.1, 0.15) is 19.4 Å². The average molecular weight is 316 g/mol. The summed E-state index contributed by atoms with van der Waals surface area (Å²) in [5.74, 6) is 3.81. The number of aromatic nitrogens is 1. The van der Waals surface area contributed by atoms with Crippen molar-refractivity contribution >= 4 is 19.8 Å². The van der Waals surface area contributed by atoms with E-state index < -0.39 is 14.2 Å². The molecule has 1 atom stereocenters. The van der Waals surface area contributed by atoms with Crippen LogP contribution in [0.5, 0.6) is 0 Å². The number of hydrogen-bond acceptors (Lipinski definition) is 3. The second kappa shape index (κ2) is 5.86. The first-order valence-corrected chi connectivity index (χ1v) is 11.0. The Morgan fingerprint density at radius 2 is 2.05 bits per heavy atom. The highest BCUT2D eigenvalue weighted by atomic mass is 28.3. The number of carbonyl (C=O) groups excluding carboxylic acids is 1. The smallest absolute Gasteiger partial charge is 0.257 e. The van der Waals surface area contributed by atoms with Crippen molar-refractivity contribution in [3.05, 3.63) is 23.9 Å². The lowest BCUT2D eigenvalue weighted by Gasteiger charge is -2.21. The molecule has 1 aromatic heterocycles. The quantitative estimate of drug-likeness (QED) is 0.622. The fourth-order valence-corrected chi connectivity index (χ4v) is 3.06. The maximum atomic E-state index is 12.4. The third-order valence-corrected chi connectivity index (χ3v) is 4.48. The van der Waals surface area contributed by atoms with E-state index in [2.05, 4.69) is 36.1 Å². The van der Waals surface area contributed by atoms with Crippen molar-refractivity contribution < 1.29 is 9.53 Å². The summed E-state index contributed by atoms with van der Waals surface area (Å²) in [7, 11) is 0.186. The van der Waals surface area contributed by atoms with E-state index in [1.54, 1.807) is 18.2 Å². The molecule has 1 fully saturated rings. The van der Waals surface area contributed by atoms with E-state index in [9.17, 15) is 4.79 Å². The zero-order valence-corrected chi connectivity index (χ0v) is 15.2. The predicted octanol–water partition coefficient (Wildman–Crippen LogP) is 2.70. The molecule has 2 heterocycles. The zero-order valence-electron chi connectivity index (χ0n) is 14.2. The highest BCUT2D eigenvalue weighted by Gasteiger charge is 2.47. The van der Waals surface area contributed by atoms with Gasteiger partial charge in [0.15, 0.2) is 0 Å². The molecular formula is C17H24N2O2Si. The lowest BCUT2D eigenvalue weighted by atomic mass is 9.90. The summed E-state index contributed by atoms with van der Waals surface area (Å²) in [5, 5.41) is 0. The van der Waals surface area contributed by atoms with Gasteiger partial charge in [-0.3, -0.25) is 9.69 Å². The van der Waals surface area contributed by atoms with E-state index >= 15 is 0 Å². The van der Waals surface area contributed by atoms with E-state index in [4.69, 9.17) is 4.74 Å². The van der Waals surface area contributed by atoms with Gasteiger partial charge in [0, 0.05) is 30.8 Å². The van der Waals surface area contributed by atoms with E-state index in [1.165, 1.54) is 0 Å². The highest BCUT2D eigenvalue weighted by molar-refractivity contribution is 6.83. The third kappa shape index (κ3) is 3.57. The fourth-order valence-electron chi connectivity index (χ4n) is 2.54. The highest BCUT2D eigenvalue weighted by Crippen LogP contribution is 2.34. The summed E-state index contributed by atoms with van der Waals surface area (Å²) in [5.41, 5.74) is 3.98. The maximum Gasteiger partial charge on any atom is 0.257 e. The van der Waals surface area contributed by atoms with Crippen molar-refractivity contribution in [1.82, 2.24) is 4.98 Å². The fraction of sp³-hybridized carbons (Fsp3) is 0.529. The first kappa shape index (κ1) is 16.7. The summed E-state index contributed by atoms with van der Waals surface area (Å²) in [6.45, 7) is 11.3. The Hall–Kier alpha value is -1.64. The lowest BCUT2D eigenvalue weighted by molar-refractivity contribution is -0.128. The summed E-state index contributed by atoms with van der Waals surface area (Å²) in [6, 6.07) is 3.79. The lowest BCUT2D eigenvalue weighted by Crippen LogP contribution is -2.33. The average Bonchev–Trinajstić information content (AvgIpc) is 2.66. The number of ether oxygens (including phenoxy) is 1. The van der Waals surface area contributed by atoms with Crippen molar-refractivity contribution in [3.63, 3.8) is 0 Å². The summed E-state index contributed by atoms with van der Waals surface area (Å²) in [4.78, 5) is 18.5. The van der Waals surface area contributed by atoms with E-state index in [1.807, 2.05) is 26.0 Å². The largest absolute Gasteiger partial charge is 0.371 e. The number of pyridine rings is 1. The standard InChI is InChI=1S/C17H24N2O2Si/c1-17(2)12-19(16(20)15(17)21-3)14-8-7-13(11-18-14)9-10-22(4,5)6/h7-8,11,15H,12H2,1-6H3. The summed E-state index contributed by atoms with van der Waals surface area (Å²) < 4.78 is 5.35. The van der Waals surface area contributed by atoms with Gasteiger partial charge in [0.05, 0.1) is 0 Å². The van der Waals surface area contributed by atoms with Gasteiger partial charge >= 0.3 is 0 Å². The van der Waals surface area contributed by atoms with Gasteiger partial charge in [0.1, 0.15) is 20.0 Å². The third-order valence-electron chi connectivity index (χ3n) is 3.61. The minimum absolute atomic E-state index is 0.0269. The molecule has 1 unspecified atom stereocenters. The van der Waals surface area contributed by atoms with Crippen molar-refractivity contribution in [3.8, 4) is 11.5 Å². The molecule has 0 spiro atoms. The minimum Gasteiger partial charge on any atom is -0.371 e. The number of methoxy groups -OCH3 is 1. The van der Waals surface area contributed by atoms with Crippen molar-refractivity contribution in [2.24, 2.45) is 5.41 Å². The maximum absolute atomic E-state index is 12.4. The molecule has 2 rings (SSSR count). The predicted molar refractivity (Wildman–Crippen MR) is 91.4 cm³/mol. The van der Waals surface area contributed by atoms with Crippen molar-refractivity contribution in [2.75, 3.05) is 18.6 Å². The van der Waals surface area contributed by atoms with Crippen LogP contribution in [0, 0.1) is 16.9 Å². The first-order valence-electron chi connectivity index (χ1n) is 7.47. The van der Waals surface area contributed by atoms with Gasteiger partial charge < -0.3 is 4.74 Å². The van der Waals surface area contributed by atoms with Crippen LogP contribution in [-0.4, -0.2) is 38.7 Å². The second-order valence-electron chi connectivity index (χ2n) is 7.43. The normalized spacial score (nSPS) is 20.7. The molecule has 0 N–H and O–H groups in total. The minimum atomic E-state index is -1.39. The Labute approximate surface area is 133 Å². The Balaban J connectivity index is 2.21. The molecule has 118 valence electrons. The Kier molecular flexibility index (Phi) is 4.46. The van der Waals surface area contributed by atoms with Crippen LogP contribution >= 0.6 is 0 Å². The topological polar surface area (TPSA) is 42.4 Å². The molecule has 0 bridgehead atoms. The zero-order chi connectivity index (χ0) is 16.5. The van der Waals surface area contributed by atoms with Gasteiger partial charge in [0.2, 0.25) is 0 Å². The number of carbonyl (C=O) groups is 1. The summed E-state index contributed by atoms with van der Waals surface area (Å²) >= 11 is 0. The molecule has 4 nitrogen and oxygen atoms in total.